The van der Waals surface area contributed by atoms with Gasteiger partial charge in [-0.15, -0.1) is 0 Å². The third-order valence-electron chi connectivity index (χ3n) is 11.4. The molecule has 35 heavy (non-hydrogen) atoms. The molecule has 4 aliphatic carbocycles. The highest BCUT2D eigenvalue weighted by molar-refractivity contribution is 5.88. The van der Waals surface area contributed by atoms with Crippen LogP contribution in [0, 0.1) is 58.2 Å². The van der Waals surface area contributed by atoms with Crippen molar-refractivity contribution in [3.05, 3.63) is 48.0 Å². The van der Waals surface area contributed by atoms with Crippen molar-refractivity contribution in [3.63, 3.8) is 0 Å². The third-order valence-corrected chi connectivity index (χ3v) is 11.4. The summed E-state index contributed by atoms with van der Waals surface area (Å²) in [5.41, 5.74) is 1.53. The van der Waals surface area contributed by atoms with Gasteiger partial charge in [0, 0.05) is 17.4 Å². The van der Waals surface area contributed by atoms with Gasteiger partial charge in [-0.1, -0.05) is 62.1 Å². The summed E-state index contributed by atoms with van der Waals surface area (Å²) in [7, 11) is 0. The molecule has 2 heteroatoms. The molecule has 0 radical (unpaired) electrons. The summed E-state index contributed by atoms with van der Waals surface area (Å²) in [5.74, 6) is 10.5. The van der Waals surface area contributed by atoms with Gasteiger partial charge >= 0.3 is 0 Å². The number of carbonyl (C=O) groups is 1. The van der Waals surface area contributed by atoms with Gasteiger partial charge in [0.2, 0.25) is 0 Å². The van der Waals surface area contributed by atoms with E-state index >= 15 is 0 Å². The van der Waals surface area contributed by atoms with Gasteiger partial charge in [0.05, 0.1) is 6.10 Å². The Morgan fingerprint density at radius 1 is 0.857 bits per heavy atom. The Balaban J connectivity index is 1.30. The van der Waals surface area contributed by atoms with Crippen molar-refractivity contribution in [2.24, 2.45) is 46.3 Å². The Kier molecular flexibility index (Phi) is 5.65. The number of hydrogen-bond acceptors (Lipinski definition) is 2. The molecular weight excluding hydrogens is 428 g/mol. The van der Waals surface area contributed by atoms with E-state index in [0.29, 0.717) is 23.5 Å². The molecular formula is C33H40O2. The molecule has 0 saturated heterocycles. The first-order chi connectivity index (χ1) is 16.8. The molecule has 184 valence electrons. The molecule has 4 fully saturated rings. The number of rotatable bonds is 1. The first-order valence-corrected chi connectivity index (χ1v) is 14.0. The van der Waals surface area contributed by atoms with E-state index in [1.807, 2.05) is 6.92 Å². The van der Waals surface area contributed by atoms with E-state index in [1.54, 1.807) is 0 Å². The van der Waals surface area contributed by atoms with Crippen LogP contribution in [0.3, 0.4) is 0 Å². The molecule has 0 spiro atoms. The third kappa shape index (κ3) is 3.53. The predicted octanol–water partition coefficient (Wildman–Crippen LogP) is 7.03. The number of aliphatic hydroxyl groups is 1. The maximum Gasteiger partial charge on any atom is 0.133 e. The zero-order valence-corrected chi connectivity index (χ0v) is 21.6. The first-order valence-electron chi connectivity index (χ1n) is 14.0. The minimum absolute atomic E-state index is 0.0514. The molecule has 0 heterocycles. The van der Waals surface area contributed by atoms with Gasteiger partial charge < -0.3 is 5.11 Å². The lowest BCUT2D eigenvalue weighted by Gasteiger charge is -2.62. The Labute approximate surface area is 210 Å². The molecule has 2 aromatic carbocycles. The van der Waals surface area contributed by atoms with Crippen LogP contribution in [0.25, 0.3) is 10.8 Å². The molecule has 5 unspecified atom stereocenters. The van der Waals surface area contributed by atoms with Crippen LogP contribution in [-0.4, -0.2) is 17.0 Å². The topological polar surface area (TPSA) is 37.3 Å². The molecule has 6 rings (SSSR count). The van der Waals surface area contributed by atoms with E-state index in [2.05, 4.69) is 68.2 Å². The quantitative estimate of drug-likeness (QED) is 0.456. The molecule has 0 bridgehead atoms. The smallest absolute Gasteiger partial charge is 0.133 e. The van der Waals surface area contributed by atoms with E-state index in [9.17, 15) is 9.90 Å². The monoisotopic (exact) mass is 468 g/mol. The van der Waals surface area contributed by atoms with Gasteiger partial charge in [0.1, 0.15) is 5.78 Å². The Hall–Kier alpha value is -2.11. The number of Topliss-reactive ketones (excluding diaryl/α,β-unsaturated/α-hetero) is 1. The van der Waals surface area contributed by atoms with Crippen LogP contribution in [0.15, 0.2) is 42.5 Å². The Bertz CT molecular complexity index is 1200. The number of ketones is 1. The number of hydrogen-bond donors (Lipinski definition) is 1. The van der Waals surface area contributed by atoms with Crippen molar-refractivity contribution >= 4 is 16.6 Å². The highest BCUT2D eigenvalue weighted by Gasteiger charge is 2.62. The van der Waals surface area contributed by atoms with Gasteiger partial charge in [0.25, 0.3) is 0 Å². The van der Waals surface area contributed by atoms with Crippen molar-refractivity contribution in [1.29, 1.82) is 0 Å². The molecule has 1 N–H and O–H groups in total. The van der Waals surface area contributed by atoms with Crippen molar-refractivity contribution in [2.45, 2.75) is 78.2 Å². The summed E-state index contributed by atoms with van der Waals surface area (Å²) in [5, 5.41) is 13.6. The maximum absolute atomic E-state index is 12.5. The fourth-order valence-electron chi connectivity index (χ4n) is 9.71. The van der Waals surface area contributed by atoms with Gasteiger partial charge in [-0.25, -0.2) is 0 Å². The van der Waals surface area contributed by atoms with Crippen LogP contribution in [0.1, 0.15) is 77.7 Å². The van der Waals surface area contributed by atoms with E-state index in [4.69, 9.17) is 0 Å². The summed E-state index contributed by atoms with van der Waals surface area (Å²) in [4.78, 5) is 12.5. The summed E-state index contributed by atoms with van der Waals surface area (Å²) in [6.45, 7) is 6.79. The van der Waals surface area contributed by atoms with E-state index in [0.717, 1.165) is 30.7 Å². The van der Waals surface area contributed by atoms with Crippen LogP contribution in [-0.2, 0) is 4.79 Å². The molecule has 0 amide bonds. The minimum Gasteiger partial charge on any atom is -0.392 e. The van der Waals surface area contributed by atoms with Crippen molar-refractivity contribution < 1.29 is 9.90 Å². The molecule has 2 aromatic rings. The van der Waals surface area contributed by atoms with E-state index in [-0.39, 0.29) is 28.8 Å². The second kappa shape index (κ2) is 8.48. The van der Waals surface area contributed by atoms with E-state index < -0.39 is 0 Å². The number of fused-ring (bicyclic) bond motifs is 6. The minimum atomic E-state index is -0.325. The molecule has 2 nitrogen and oxygen atoms in total. The average Bonchev–Trinajstić information content (AvgIpc) is 3.21. The molecule has 0 aliphatic heterocycles. The molecule has 4 aliphatic rings. The van der Waals surface area contributed by atoms with Gasteiger partial charge in [-0.3, -0.25) is 4.79 Å². The number of benzene rings is 2. The van der Waals surface area contributed by atoms with Crippen molar-refractivity contribution in [3.8, 4) is 11.8 Å². The largest absolute Gasteiger partial charge is 0.392 e. The standard InChI is InChI=1S/C33H40O2/c1-21(34)27-15-16-28-25-13-14-29-26(12-11-23-9-6-8-22-7-4-5-10-24(22)23)31(35)18-20-33(29,3)30(25)17-19-32(27,28)2/h4-10,25-31,35H,13-20H2,1-3H3/t25?,26?,27-,28?,29?,30?,31-,32-,33+/m1/s1. The summed E-state index contributed by atoms with van der Waals surface area (Å²) in [6, 6.07) is 14.8. The lowest BCUT2D eigenvalue weighted by atomic mass is 9.43. The normalized spacial score (nSPS) is 42.3. The Morgan fingerprint density at radius 3 is 2.40 bits per heavy atom. The van der Waals surface area contributed by atoms with Crippen LogP contribution in [0.4, 0.5) is 0 Å². The van der Waals surface area contributed by atoms with Gasteiger partial charge in [-0.2, -0.15) is 0 Å². The van der Waals surface area contributed by atoms with Gasteiger partial charge in [0.15, 0.2) is 0 Å². The fourth-order valence-corrected chi connectivity index (χ4v) is 9.71. The molecule has 9 atom stereocenters. The van der Waals surface area contributed by atoms with Crippen molar-refractivity contribution in [2.75, 3.05) is 0 Å². The second-order valence-electron chi connectivity index (χ2n) is 12.8. The van der Waals surface area contributed by atoms with Gasteiger partial charge in [-0.05, 0) is 110 Å². The first kappa shape index (κ1) is 23.3. The second-order valence-corrected chi connectivity index (χ2v) is 12.8. The summed E-state index contributed by atoms with van der Waals surface area (Å²) >= 11 is 0. The van der Waals surface area contributed by atoms with Crippen LogP contribution >= 0.6 is 0 Å². The van der Waals surface area contributed by atoms with Crippen LogP contribution in [0.5, 0.6) is 0 Å². The van der Waals surface area contributed by atoms with Crippen LogP contribution < -0.4 is 0 Å². The predicted molar refractivity (Wildman–Crippen MR) is 142 cm³/mol. The maximum atomic E-state index is 12.5. The SMILES string of the molecule is CC(=O)[C@H]1CCC2C3CCC4C(C#Cc5cccc6ccccc56)[C@H](O)CC[C@]4(C)C3CC[C@@]21C. The van der Waals surface area contributed by atoms with E-state index in [1.165, 1.54) is 42.9 Å². The average molecular weight is 469 g/mol. The highest BCUT2D eigenvalue weighted by Crippen LogP contribution is 2.68. The lowest BCUT2D eigenvalue weighted by Crippen LogP contribution is -2.56. The fraction of sp³-hybridized carbons (Fsp3) is 0.606. The summed E-state index contributed by atoms with van der Waals surface area (Å²) in [6.07, 6.45) is 8.83. The lowest BCUT2D eigenvalue weighted by molar-refractivity contribution is -0.146. The van der Waals surface area contributed by atoms with Crippen LogP contribution in [0.2, 0.25) is 0 Å². The highest BCUT2D eigenvalue weighted by atomic mass is 16.3. The number of aliphatic hydroxyl groups excluding tert-OH is 1. The number of carbonyl (C=O) groups excluding carboxylic acids is 1. The molecule has 4 saturated carbocycles. The molecule has 0 aromatic heterocycles. The summed E-state index contributed by atoms with van der Waals surface area (Å²) < 4.78 is 0. The Morgan fingerprint density at radius 2 is 1.57 bits per heavy atom. The van der Waals surface area contributed by atoms with Crippen molar-refractivity contribution in [1.82, 2.24) is 0 Å². The zero-order valence-electron chi connectivity index (χ0n) is 21.6. The zero-order chi connectivity index (χ0) is 24.4.